The van der Waals surface area contributed by atoms with Crippen molar-refractivity contribution >= 4 is 29.5 Å². The summed E-state index contributed by atoms with van der Waals surface area (Å²) in [4.78, 5) is 27.1. The lowest BCUT2D eigenvalue weighted by Gasteiger charge is -2.37. The predicted octanol–water partition coefficient (Wildman–Crippen LogP) is 5.50. The van der Waals surface area contributed by atoms with Crippen LogP contribution in [0.1, 0.15) is 38.8 Å². The van der Waals surface area contributed by atoms with Crippen molar-refractivity contribution in [1.29, 1.82) is 0 Å². The van der Waals surface area contributed by atoms with Gasteiger partial charge in [-0.3, -0.25) is 5.32 Å². The second kappa shape index (κ2) is 11.2. The number of hydrogen-bond donors (Lipinski definition) is 2. The lowest BCUT2D eigenvalue weighted by Crippen LogP contribution is -2.43. The summed E-state index contributed by atoms with van der Waals surface area (Å²) < 4.78 is 22.3. The van der Waals surface area contributed by atoms with E-state index in [1.54, 1.807) is 26.0 Å². The van der Waals surface area contributed by atoms with E-state index >= 15 is 0 Å². The molecule has 2 N–H and O–H groups in total. The van der Waals surface area contributed by atoms with Crippen LogP contribution >= 0.6 is 11.8 Å². The summed E-state index contributed by atoms with van der Waals surface area (Å²) in [6.07, 6.45) is 0.779. The van der Waals surface area contributed by atoms with Gasteiger partial charge in [0.1, 0.15) is 12.2 Å². The number of ether oxygens (including phenoxy) is 4. The number of methoxy groups -OCH3 is 2. The molecule has 1 amide bonds. The number of anilines is 1. The fraction of sp³-hybridized carbons (Fsp3) is 0.379. The first-order chi connectivity index (χ1) is 18.1. The van der Waals surface area contributed by atoms with Crippen LogP contribution in [0.5, 0.6) is 0 Å². The lowest BCUT2D eigenvalue weighted by molar-refractivity contribution is -0.150. The highest BCUT2D eigenvalue weighted by atomic mass is 32.2. The molecule has 1 spiro atoms. The summed E-state index contributed by atoms with van der Waals surface area (Å²) in [7, 11) is 3.12. The van der Waals surface area contributed by atoms with Gasteiger partial charge in [0.15, 0.2) is 6.29 Å². The molecule has 1 atom stereocenters. The topological polar surface area (TPSA) is 95.1 Å². The van der Waals surface area contributed by atoms with Gasteiger partial charge in [-0.25, -0.2) is 9.59 Å². The molecule has 0 radical (unpaired) electrons. The third-order valence-electron chi connectivity index (χ3n) is 6.23. The van der Waals surface area contributed by atoms with E-state index in [4.69, 9.17) is 18.9 Å². The number of carbonyl (C=O) groups excluding carboxylic acids is 2. The van der Waals surface area contributed by atoms with E-state index in [-0.39, 0.29) is 6.61 Å². The van der Waals surface area contributed by atoms with Gasteiger partial charge in [0.05, 0.1) is 22.4 Å². The van der Waals surface area contributed by atoms with Gasteiger partial charge < -0.3 is 24.3 Å². The van der Waals surface area contributed by atoms with E-state index in [0.717, 1.165) is 16.0 Å². The Balaban J connectivity index is 1.70. The Bertz CT molecular complexity index is 1260. The van der Waals surface area contributed by atoms with Gasteiger partial charge >= 0.3 is 12.1 Å². The maximum atomic E-state index is 13.6. The molecule has 2 aromatic carbocycles. The molecule has 202 valence electrons. The van der Waals surface area contributed by atoms with E-state index in [9.17, 15) is 9.59 Å². The highest BCUT2D eigenvalue weighted by molar-refractivity contribution is 7.99. The van der Waals surface area contributed by atoms with Crippen LogP contribution in [-0.2, 0) is 35.8 Å². The second-order valence-corrected chi connectivity index (χ2v) is 11.1. The minimum Gasteiger partial charge on any atom is -0.457 e. The highest BCUT2D eigenvalue weighted by Crippen LogP contribution is 2.54. The molecule has 2 aliphatic heterocycles. The Morgan fingerprint density at radius 3 is 2.45 bits per heavy atom. The van der Waals surface area contributed by atoms with E-state index in [0.29, 0.717) is 28.4 Å². The SMILES string of the molecule is COC(OC)C1=CC2(CSc3c(NC(=O)OCc4ccccc4)cccc32)C(C(=O)OC(C)(C)C)=C(C)N1. The fourth-order valence-electron chi connectivity index (χ4n) is 4.73. The first-order valence-corrected chi connectivity index (χ1v) is 13.3. The van der Waals surface area contributed by atoms with Crippen LogP contribution in [0.3, 0.4) is 0 Å². The fourth-order valence-corrected chi connectivity index (χ4v) is 6.17. The zero-order valence-corrected chi connectivity index (χ0v) is 23.4. The molecule has 0 saturated heterocycles. The van der Waals surface area contributed by atoms with Gasteiger partial charge in [0.25, 0.3) is 0 Å². The Morgan fingerprint density at radius 2 is 1.79 bits per heavy atom. The van der Waals surface area contributed by atoms with E-state index in [2.05, 4.69) is 10.6 Å². The molecule has 0 fully saturated rings. The van der Waals surface area contributed by atoms with Crippen LogP contribution < -0.4 is 10.6 Å². The largest absolute Gasteiger partial charge is 0.457 e. The maximum Gasteiger partial charge on any atom is 0.411 e. The highest BCUT2D eigenvalue weighted by Gasteiger charge is 2.49. The molecule has 2 aromatic rings. The van der Waals surface area contributed by atoms with Crippen LogP contribution in [0.2, 0.25) is 0 Å². The van der Waals surface area contributed by atoms with Crippen molar-refractivity contribution in [2.45, 2.75) is 56.5 Å². The second-order valence-electron chi connectivity index (χ2n) is 10.2. The number of esters is 1. The summed E-state index contributed by atoms with van der Waals surface area (Å²) >= 11 is 1.56. The molecular weight excluding hydrogens is 504 g/mol. The van der Waals surface area contributed by atoms with Gasteiger partial charge in [0.2, 0.25) is 0 Å². The molecule has 8 nitrogen and oxygen atoms in total. The number of nitrogens with one attached hydrogen (secondary N) is 2. The lowest BCUT2D eigenvalue weighted by atomic mass is 9.72. The van der Waals surface area contributed by atoms with Crippen molar-refractivity contribution in [3.63, 3.8) is 0 Å². The van der Waals surface area contributed by atoms with Crippen molar-refractivity contribution in [3.8, 4) is 0 Å². The third kappa shape index (κ3) is 5.75. The summed E-state index contributed by atoms with van der Waals surface area (Å²) in [6, 6.07) is 15.2. The maximum absolute atomic E-state index is 13.6. The van der Waals surface area contributed by atoms with Crippen LogP contribution in [0.15, 0.2) is 76.5 Å². The molecule has 1 unspecified atom stereocenters. The van der Waals surface area contributed by atoms with Gasteiger partial charge in [-0.1, -0.05) is 42.5 Å². The Hall–Kier alpha value is -3.27. The molecule has 0 aliphatic carbocycles. The number of benzene rings is 2. The smallest absolute Gasteiger partial charge is 0.411 e. The number of amides is 1. The predicted molar refractivity (Wildman–Crippen MR) is 147 cm³/mol. The van der Waals surface area contributed by atoms with Gasteiger partial charge in [-0.2, -0.15) is 0 Å². The minimum absolute atomic E-state index is 0.163. The van der Waals surface area contributed by atoms with Crippen molar-refractivity contribution in [2.24, 2.45) is 0 Å². The number of allylic oxidation sites excluding steroid dienone is 2. The van der Waals surface area contributed by atoms with E-state index in [1.807, 2.05) is 82.3 Å². The Labute approximate surface area is 227 Å². The number of rotatable bonds is 7. The zero-order chi connectivity index (χ0) is 27.5. The number of fused-ring (bicyclic) bond motifs is 2. The van der Waals surface area contributed by atoms with Crippen LogP contribution in [0.25, 0.3) is 0 Å². The van der Waals surface area contributed by atoms with Gasteiger partial charge in [-0.05, 0) is 51.0 Å². The van der Waals surface area contributed by atoms with Crippen LogP contribution in [-0.4, -0.2) is 43.9 Å². The van der Waals surface area contributed by atoms with E-state index < -0.39 is 29.4 Å². The standard InChI is InChI=1S/C29H34N2O6S/c1-18-23(25(32)37-28(2,3)4)29(15-22(30-18)26(34-5)35-6)17-38-24-20(29)13-10-14-21(24)31-27(33)36-16-19-11-8-7-9-12-19/h7-15,26,30H,16-17H2,1-6H3,(H,31,33). The summed E-state index contributed by atoms with van der Waals surface area (Å²) in [5, 5.41) is 6.17. The molecule has 38 heavy (non-hydrogen) atoms. The molecule has 2 heterocycles. The molecule has 9 heteroatoms. The zero-order valence-electron chi connectivity index (χ0n) is 22.5. The number of hydrogen-bond acceptors (Lipinski definition) is 8. The number of thioether (sulfide) groups is 1. The van der Waals surface area contributed by atoms with Crippen LogP contribution in [0.4, 0.5) is 10.5 Å². The Kier molecular flexibility index (Phi) is 8.20. The quantitative estimate of drug-likeness (QED) is 0.353. The van der Waals surface area contributed by atoms with Crippen molar-refractivity contribution in [3.05, 3.63) is 82.7 Å². The van der Waals surface area contributed by atoms with Crippen LogP contribution in [0, 0.1) is 0 Å². The average Bonchev–Trinajstić information content (AvgIpc) is 3.22. The summed E-state index contributed by atoms with van der Waals surface area (Å²) in [6.45, 7) is 7.55. The molecule has 4 rings (SSSR count). The molecule has 2 aliphatic rings. The van der Waals surface area contributed by atoms with Crippen molar-refractivity contribution in [1.82, 2.24) is 5.32 Å². The first kappa shape index (κ1) is 27.8. The normalized spacial score (nSPS) is 18.7. The summed E-state index contributed by atoms with van der Waals surface area (Å²) in [5.74, 6) is 0.121. The van der Waals surface area contributed by atoms with Gasteiger partial charge in [0, 0.05) is 30.6 Å². The van der Waals surface area contributed by atoms with Gasteiger partial charge in [-0.15, -0.1) is 11.8 Å². The molecule has 0 bridgehead atoms. The number of dihydropyridines is 1. The monoisotopic (exact) mass is 538 g/mol. The third-order valence-corrected chi connectivity index (χ3v) is 7.56. The average molecular weight is 539 g/mol. The number of carbonyl (C=O) groups is 2. The summed E-state index contributed by atoms with van der Waals surface area (Å²) in [5.41, 5.74) is 2.76. The Morgan fingerprint density at radius 1 is 1.08 bits per heavy atom. The molecule has 0 saturated carbocycles. The minimum atomic E-state index is -0.825. The molecule has 0 aromatic heterocycles. The molecular formula is C29H34N2O6S. The van der Waals surface area contributed by atoms with Crippen molar-refractivity contribution in [2.75, 3.05) is 25.3 Å². The van der Waals surface area contributed by atoms with Crippen molar-refractivity contribution < 1.29 is 28.5 Å². The first-order valence-electron chi connectivity index (χ1n) is 12.3. The van der Waals surface area contributed by atoms with E-state index in [1.165, 1.54) is 0 Å².